The minimum atomic E-state index is 0.437. The van der Waals surface area contributed by atoms with Gasteiger partial charge in [0.1, 0.15) is 12.4 Å². The van der Waals surface area contributed by atoms with Gasteiger partial charge in [-0.1, -0.05) is 30.3 Å². The van der Waals surface area contributed by atoms with Gasteiger partial charge in [-0.25, -0.2) is 4.98 Å². The zero-order valence-electron chi connectivity index (χ0n) is 13.3. The van der Waals surface area contributed by atoms with Gasteiger partial charge in [-0.05, 0) is 29.8 Å². The molecule has 3 aromatic rings. The van der Waals surface area contributed by atoms with Crippen LogP contribution in [0, 0.1) is 11.3 Å². The summed E-state index contributed by atoms with van der Waals surface area (Å²) in [4.78, 5) is 4.23. The highest BCUT2D eigenvalue weighted by Crippen LogP contribution is 2.31. The monoisotopic (exact) mass is 316 g/mol. The minimum absolute atomic E-state index is 0.437. The highest BCUT2D eigenvalue weighted by Gasteiger charge is 2.09. The summed E-state index contributed by atoms with van der Waals surface area (Å²) in [6.45, 7) is 0.437. The normalized spacial score (nSPS) is 10.0. The maximum atomic E-state index is 9.14. The number of ether oxygens (including phenoxy) is 2. The van der Waals surface area contributed by atoms with Crippen molar-refractivity contribution in [2.45, 2.75) is 6.61 Å². The van der Waals surface area contributed by atoms with Crippen molar-refractivity contribution < 1.29 is 9.47 Å². The summed E-state index contributed by atoms with van der Waals surface area (Å²) in [7, 11) is 1.58. The largest absolute Gasteiger partial charge is 0.488 e. The van der Waals surface area contributed by atoms with E-state index in [0.717, 1.165) is 16.7 Å². The van der Waals surface area contributed by atoms with Crippen LogP contribution < -0.4 is 9.47 Å². The number of rotatable bonds is 5. The van der Waals surface area contributed by atoms with Crippen molar-refractivity contribution >= 4 is 0 Å². The first-order valence-electron chi connectivity index (χ1n) is 7.51. The summed E-state index contributed by atoms with van der Waals surface area (Å²) < 4.78 is 11.1. The first-order valence-corrected chi connectivity index (χ1v) is 7.51. The maximum absolute atomic E-state index is 9.14. The van der Waals surface area contributed by atoms with Crippen molar-refractivity contribution in [1.82, 2.24) is 4.98 Å². The Morgan fingerprint density at radius 1 is 1.04 bits per heavy atom. The Morgan fingerprint density at radius 2 is 1.88 bits per heavy atom. The molecule has 0 bridgehead atoms. The molecule has 4 heteroatoms. The second-order valence-corrected chi connectivity index (χ2v) is 5.19. The van der Waals surface area contributed by atoms with Crippen LogP contribution in [0.15, 0.2) is 66.9 Å². The van der Waals surface area contributed by atoms with Gasteiger partial charge in [0.2, 0.25) is 5.88 Å². The van der Waals surface area contributed by atoms with Crippen LogP contribution in [0.5, 0.6) is 11.6 Å². The van der Waals surface area contributed by atoms with E-state index in [4.69, 9.17) is 14.7 Å². The topological polar surface area (TPSA) is 55.1 Å². The van der Waals surface area contributed by atoms with Crippen LogP contribution >= 0.6 is 0 Å². The van der Waals surface area contributed by atoms with Crippen LogP contribution in [0.1, 0.15) is 11.1 Å². The zero-order chi connectivity index (χ0) is 16.8. The van der Waals surface area contributed by atoms with Crippen molar-refractivity contribution in [3.63, 3.8) is 0 Å². The van der Waals surface area contributed by atoms with Gasteiger partial charge in [-0.15, -0.1) is 0 Å². The van der Waals surface area contributed by atoms with Gasteiger partial charge in [0, 0.05) is 23.4 Å². The van der Waals surface area contributed by atoms with Gasteiger partial charge in [-0.2, -0.15) is 5.26 Å². The fourth-order valence-corrected chi connectivity index (χ4v) is 2.35. The molecule has 0 fully saturated rings. The third kappa shape index (κ3) is 3.53. The summed E-state index contributed by atoms with van der Waals surface area (Å²) in [5, 5.41) is 9.14. The summed E-state index contributed by atoms with van der Waals surface area (Å²) in [5.41, 5.74) is 3.42. The fraction of sp³-hybridized carbons (Fsp3) is 0.100. The summed E-state index contributed by atoms with van der Waals surface area (Å²) >= 11 is 0. The van der Waals surface area contributed by atoms with E-state index in [9.17, 15) is 0 Å². The summed E-state index contributed by atoms with van der Waals surface area (Å²) in [6, 6.07) is 21.2. The van der Waals surface area contributed by atoms with E-state index in [0.29, 0.717) is 23.8 Å². The summed E-state index contributed by atoms with van der Waals surface area (Å²) in [6.07, 6.45) is 1.73. The second-order valence-electron chi connectivity index (χ2n) is 5.19. The van der Waals surface area contributed by atoms with Crippen LogP contribution in [0.3, 0.4) is 0 Å². The maximum Gasteiger partial charge on any atom is 0.212 e. The molecule has 0 saturated carbocycles. The Morgan fingerprint density at radius 3 is 2.54 bits per heavy atom. The molecule has 0 unspecified atom stereocenters. The average molecular weight is 316 g/mol. The molecular weight excluding hydrogens is 300 g/mol. The van der Waals surface area contributed by atoms with E-state index in [-0.39, 0.29) is 0 Å². The molecule has 1 heterocycles. The molecule has 0 spiro atoms. The molecule has 0 radical (unpaired) electrons. The molecule has 118 valence electrons. The number of nitrogens with zero attached hydrogens (tertiary/aromatic N) is 2. The SMILES string of the molecule is COc1ccc(-c2ccc(C#N)cc2OCc2ccccc2)cn1. The van der Waals surface area contributed by atoms with Crippen LogP contribution in [-0.2, 0) is 6.61 Å². The quantitative estimate of drug-likeness (QED) is 0.707. The molecule has 0 N–H and O–H groups in total. The molecule has 0 saturated heterocycles. The second kappa shape index (κ2) is 7.30. The van der Waals surface area contributed by atoms with Crippen molar-refractivity contribution in [3.05, 3.63) is 78.0 Å². The highest BCUT2D eigenvalue weighted by molar-refractivity contribution is 5.71. The van der Waals surface area contributed by atoms with Gasteiger partial charge in [-0.3, -0.25) is 0 Å². The number of nitriles is 1. The van der Waals surface area contributed by atoms with Gasteiger partial charge < -0.3 is 9.47 Å². The molecule has 24 heavy (non-hydrogen) atoms. The number of benzene rings is 2. The van der Waals surface area contributed by atoms with E-state index in [1.54, 1.807) is 31.5 Å². The Bertz CT molecular complexity index is 853. The van der Waals surface area contributed by atoms with E-state index >= 15 is 0 Å². The summed E-state index contributed by atoms with van der Waals surface area (Å²) in [5.74, 6) is 1.21. The van der Waals surface area contributed by atoms with E-state index in [2.05, 4.69) is 11.1 Å². The zero-order valence-corrected chi connectivity index (χ0v) is 13.3. The first-order chi connectivity index (χ1) is 11.8. The average Bonchev–Trinajstić information content (AvgIpc) is 2.67. The molecule has 3 rings (SSSR count). The number of methoxy groups -OCH3 is 1. The van der Waals surface area contributed by atoms with Gasteiger partial charge in [0.25, 0.3) is 0 Å². The minimum Gasteiger partial charge on any atom is -0.488 e. The molecule has 0 amide bonds. The molecule has 0 aliphatic rings. The standard InChI is InChI=1S/C20H16N2O2/c1-23-20-10-8-17(13-22-20)18-9-7-16(12-21)11-19(18)24-14-15-5-3-2-4-6-15/h2-11,13H,14H2,1H3. The Labute approximate surface area is 140 Å². The lowest BCUT2D eigenvalue weighted by molar-refractivity contribution is 0.307. The lowest BCUT2D eigenvalue weighted by Gasteiger charge is -2.12. The van der Waals surface area contributed by atoms with E-state index in [1.165, 1.54) is 0 Å². The van der Waals surface area contributed by atoms with E-state index < -0.39 is 0 Å². The van der Waals surface area contributed by atoms with Crippen molar-refractivity contribution in [2.75, 3.05) is 7.11 Å². The predicted octanol–water partition coefficient (Wildman–Crippen LogP) is 4.21. The molecular formula is C20H16N2O2. The van der Waals surface area contributed by atoms with Gasteiger partial charge >= 0.3 is 0 Å². The van der Waals surface area contributed by atoms with Crippen LogP contribution in [0.2, 0.25) is 0 Å². The van der Waals surface area contributed by atoms with Gasteiger partial charge in [0.05, 0.1) is 18.7 Å². The van der Waals surface area contributed by atoms with Gasteiger partial charge in [0.15, 0.2) is 0 Å². The molecule has 1 aromatic heterocycles. The Balaban J connectivity index is 1.91. The lowest BCUT2D eigenvalue weighted by atomic mass is 10.0. The van der Waals surface area contributed by atoms with E-state index in [1.807, 2.05) is 42.5 Å². The third-order valence-corrected chi connectivity index (χ3v) is 3.60. The van der Waals surface area contributed by atoms with Crippen molar-refractivity contribution in [3.8, 4) is 28.8 Å². The van der Waals surface area contributed by atoms with Crippen molar-refractivity contribution in [1.29, 1.82) is 5.26 Å². The van der Waals surface area contributed by atoms with Crippen molar-refractivity contribution in [2.24, 2.45) is 0 Å². The molecule has 0 aliphatic heterocycles. The lowest BCUT2D eigenvalue weighted by Crippen LogP contribution is -1.98. The first kappa shape index (κ1) is 15.6. The predicted molar refractivity (Wildman–Crippen MR) is 91.7 cm³/mol. The number of hydrogen-bond acceptors (Lipinski definition) is 4. The molecule has 4 nitrogen and oxygen atoms in total. The smallest absolute Gasteiger partial charge is 0.212 e. The van der Waals surface area contributed by atoms with Crippen LogP contribution in [0.4, 0.5) is 0 Å². The Hall–Kier alpha value is -3.32. The number of hydrogen-bond donors (Lipinski definition) is 0. The molecule has 0 atom stereocenters. The molecule has 0 aliphatic carbocycles. The highest BCUT2D eigenvalue weighted by atomic mass is 16.5. The Kier molecular flexibility index (Phi) is 4.73. The molecule has 2 aromatic carbocycles. The van der Waals surface area contributed by atoms with Crippen LogP contribution in [0.25, 0.3) is 11.1 Å². The number of pyridine rings is 1. The van der Waals surface area contributed by atoms with Crippen LogP contribution in [-0.4, -0.2) is 12.1 Å². The fourth-order valence-electron chi connectivity index (χ4n) is 2.35. The third-order valence-electron chi connectivity index (χ3n) is 3.60. The number of aromatic nitrogens is 1.